The highest BCUT2D eigenvalue weighted by Crippen LogP contribution is 2.34. The van der Waals surface area contributed by atoms with Crippen LogP contribution in [-0.4, -0.2) is 11.9 Å². The lowest BCUT2D eigenvalue weighted by Gasteiger charge is -2.11. The Morgan fingerprint density at radius 2 is 1.48 bits per heavy atom. The topological polar surface area (TPSA) is 52.6 Å². The molecule has 0 aliphatic heterocycles. The van der Waals surface area contributed by atoms with Crippen molar-refractivity contribution in [3.63, 3.8) is 0 Å². The maximum absolute atomic E-state index is 11.2. The number of carbonyl (C=O) groups excluding carboxylic acids is 2. The lowest BCUT2D eigenvalue weighted by atomic mass is 10.0. The van der Waals surface area contributed by atoms with Gasteiger partial charge in [-0.05, 0) is 30.7 Å². The van der Waals surface area contributed by atoms with Crippen molar-refractivity contribution >= 4 is 11.9 Å². The molecule has 0 saturated heterocycles. The molecule has 21 heavy (non-hydrogen) atoms. The van der Waals surface area contributed by atoms with Gasteiger partial charge in [0.1, 0.15) is 11.5 Å². The SMILES string of the molecule is CC(=O)Oc1ccc(OC(C)=O)c(-c2ccc(C)cc2)c1. The molecule has 0 aliphatic rings. The largest absolute Gasteiger partial charge is 0.427 e. The van der Waals surface area contributed by atoms with Crippen LogP contribution in [0.2, 0.25) is 0 Å². The second kappa shape index (κ2) is 6.22. The Labute approximate surface area is 123 Å². The van der Waals surface area contributed by atoms with E-state index < -0.39 is 11.9 Å². The van der Waals surface area contributed by atoms with E-state index in [0.717, 1.165) is 11.1 Å². The van der Waals surface area contributed by atoms with Gasteiger partial charge in [-0.25, -0.2) is 0 Å². The molecule has 0 heterocycles. The second-order valence-electron chi connectivity index (χ2n) is 4.71. The lowest BCUT2D eigenvalue weighted by Crippen LogP contribution is -2.04. The van der Waals surface area contributed by atoms with Crippen molar-refractivity contribution in [2.45, 2.75) is 20.8 Å². The minimum atomic E-state index is -0.399. The first-order valence-electron chi connectivity index (χ1n) is 6.53. The maximum atomic E-state index is 11.2. The molecule has 0 saturated carbocycles. The summed E-state index contributed by atoms with van der Waals surface area (Å²) in [6.07, 6.45) is 0. The van der Waals surface area contributed by atoms with E-state index in [1.54, 1.807) is 18.2 Å². The van der Waals surface area contributed by atoms with Crippen molar-refractivity contribution in [1.82, 2.24) is 0 Å². The standard InChI is InChI=1S/C17H16O4/c1-11-4-6-14(7-5-11)16-10-15(20-12(2)18)8-9-17(16)21-13(3)19/h4-10H,1-3H3. The molecule has 0 aliphatic carbocycles. The van der Waals surface area contributed by atoms with E-state index >= 15 is 0 Å². The zero-order valence-corrected chi connectivity index (χ0v) is 12.2. The van der Waals surface area contributed by atoms with Crippen LogP contribution in [0, 0.1) is 6.92 Å². The molecule has 0 aromatic heterocycles. The summed E-state index contributed by atoms with van der Waals surface area (Å²) in [4.78, 5) is 22.3. The van der Waals surface area contributed by atoms with Crippen LogP contribution >= 0.6 is 0 Å². The van der Waals surface area contributed by atoms with Crippen LogP contribution in [0.5, 0.6) is 11.5 Å². The summed E-state index contributed by atoms with van der Waals surface area (Å²) in [5.74, 6) is 0.0462. The maximum Gasteiger partial charge on any atom is 0.308 e. The zero-order chi connectivity index (χ0) is 15.4. The Hall–Kier alpha value is -2.62. The Balaban J connectivity index is 2.49. The van der Waals surface area contributed by atoms with Crippen LogP contribution in [0.1, 0.15) is 19.4 Å². The van der Waals surface area contributed by atoms with Gasteiger partial charge >= 0.3 is 11.9 Å². The third-order valence-electron chi connectivity index (χ3n) is 2.83. The molecule has 4 heteroatoms. The van der Waals surface area contributed by atoms with E-state index in [4.69, 9.17) is 9.47 Å². The monoisotopic (exact) mass is 284 g/mol. The molecule has 0 radical (unpaired) electrons. The van der Waals surface area contributed by atoms with E-state index in [9.17, 15) is 9.59 Å². The van der Waals surface area contributed by atoms with Gasteiger partial charge in [-0.3, -0.25) is 9.59 Å². The van der Waals surface area contributed by atoms with Gasteiger partial charge in [0.15, 0.2) is 0 Å². The first-order valence-corrected chi connectivity index (χ1v) is 6.53. The first-order chi connectivity index (χ1) is 9.95. The Morgan fingerprint density at radius 1 is 0.857 bits per heavy atom. The Morgan fingerprint density at radius 3 is 2.05 bits per heavy atom. The van der Waals surface area contributed by atoms with Crippen molar-refractivity contribution in [3.8, 4) is 22.6 Å². The quantitative estimate of drug-likeness (QED) is 0.639. The number of aryl methyl sites for hydroxylation is 1. The van der Waals surface area contributed by atoms with Crippen LogP contribution in [0.15, 0.2) is 42.5 Å². The molecule has 108 valence electrons. The van der Waals surface area contributed by atoms with Gasteiger partial charge in [-0.1, -0.05) is 29.8 Å². The summed E-state index contributed by atoms with van der Waals surface area (Å²) in [6, 6.07) is 12.7. The molecule has 2 aromatic rings. The molecule has 2 aromatic carbocycles. The van der Waals surface area contributed by atoms with Gasteiger partial charge in [0.05, 0.1) is 0 Å². The molecule has 4 nitrogen and oxygen atoms in total. The molecule has 0 N–H and O–H groups in total. The number of benzene rings is 2. The second-order valence-corrected chi connectivity index (χ2v) is 4.71. The summed E-state index contributed by atoms with van der Waals surface area (Å²) in [5.41, 5.74) is 2.71. The fraction of sp³-hybridized carbons (Fsp3) is 0.176. The number of carbonyl (C=O) groups is 2. The van der Waals surface area contributed by atoms with Gasteiger partial charge in [0.25, 0.3) is 0 Å². The molecule has 0 spiro atoms. The molecular formula is C17H16O4. The third-order valence-corrected chi connectivity index (χ3v) is 2.83. The minimum absolute atomic E-state index is 0.398. The zero-order valence-electron chi connectivity index (χ0n) is 12.2. The average molecular weight is 284 g/mol. The van der Waals surface area contributed by atoms with Crippen molar-refractivity contribution < 1.29 is 19.1 Å². The average Bonchev–Trinajstić information content (AvgIpc) is 2.40. The molecule has 0 atom stereocenters. The number of esters is 2. The van der Waals surface area contributed by atoms with Crippen LogP contribution in [-0.2, 0) is 9.59 Å². The first kappa shape index (κ1) is 14.8. The molecule has 2 rings (SSSR count). The van der Waals surface area contributed by atoms with Crippen molar-refractivity contribution in [2.24, 2.45) is 0 Å². The molecule has 0 unspecified atom stereocenters. The number of rotatable bonds is 3. The third kappa shape index (κ3) is 3.92. The molecule has 0 bridgehead atoms. The number of hydrogen-bond donors (Lipinski definition) is 0. The summed E-state index contributed by atoms with van der Waals surface area (Å²) in [6.45, 7) is 4.68. The lowest BCUT2D eigenvalue weighted by molar-refractivity contribution is -0.133. The number of hydrogen-bond acceptors (Lipinski definition) is 4. The number of ether oxygens (including phenoxy) is 2. The van der Waals surface area contributed by atoms with Crippen molar-refractivity contribution in [3.05, 3.63) is 48.0 Å². The summed E-state index contributed by atoms with van der Waals surface area (Å²) >= 11 is 0. The van der Waals surface area contributed by atoms with Crippen LogP contribution < -0.4 is 9.47 Å². The van der Waals surface area contributed by atoms with Gasteiger partial charge < -0.3 is 9.47 Å². The van der Waals surface area contributed by atoms with E-state index in [0.29, 0.717) is 17.1 Å². The minimum Gasteiger partial charge on any atom is -0.427 e. The van der Waals surface area contributed by atoms with E-state index in [-0.39, 0.29) is 0 Å². The smallest absolute Gasteiger partial charge is 0.308 e. The van der Waals surface area contributed by atoms with E-state index in [1.807, 2.05) is 31.2 Å². The van der Waals surface area contributed by atoms with E-state index in [2.05, 4.69) is 0 Å². The summed E-state index contributed by atoms with van der Waals surface area (Å²) in [7, 11) is 0. The highest BCUT2D eigenvalue weighted by atomic mass is 16.5. The van der Waals surface area contributed by atoms with Crippen molar-refractivity contribution in [2.75, 3.05) is 0 Å². The van der Waals surface area contributed by atoms with Gasteiger partial charge in [0, 0.05) is 19.4 Å². The summed E-state index contributed by atoms with van der Waals surface area (Å²) < 4.78 is 10.3. The van der Waals surface area contributed by atoms with Gasteiger partial charge in [-0.2, -0.15) is 0 Å². The fourth-order valence-electron chi connectivity index (χ4n) is 1.94. The van der Waals surface area contributed by atoms with Crippen LogP contribution in [0.3, 0.4) is 0 Å². The predicted molar refractivity (Wildman–Crippen MR) is 79.2 cm³/mol. The molecule has 0 amide bonds. The molecular weight excluding hydrogens is 268 g/mol. The Bertz CT molecular complexity index is 672. The fourth-order valence-corrected chi connectivity index (χ4v) is 1.94. The van der Waals surface area contributed by atoms with Crippen LogP contribution in [0.4, 0.5) is 0 Å². The molecule has 0 fully saturated rings. The Kier molecular flexibility index (Phi) is 4.38. The highest BCUT2D eigenvalue weighted by molar-refractivity contribution is 5.78. The van der Waals surface area contributed by atoms with Crippen LogP contribution in [0.25, 0.3) is 11.1 Å². The summed E-state index contributed by atoms with van der Waals surface area (Å²) in [5, 5.41) is 0. The highest BCUT2D eigenvalue weighted by Gasteiger charge is 2.11. The predicted octanol–water partition coefficient (Wildman–Crippen LogP) is 3.51. The van der Waals surface area contributed by atoms with Gasteiger partial charge in [0.2, 0.25) is 0 Å². The normalized spacial score (nSPS) is 10.0. The van der Waals surface area contributed by atoms with Crippen molar-refractivity contribution in [1.29, 1.82) is 0 Å². The van der Waals surface area contributed by atoms with Gasteiger partial charge in [-0.15, -0.1) is 0 Å². The van der Waals surface area contributed by atoms with E-state index in [1.165, 1.54) is 13.8 Å².